The molecule has 8 heteroatoms. The molecular formula is C19H29N3O3S2. The number of hydrogen-bond donors (Lipinski definition) is 0. The fraction of sp³-hybridized carbons (Fsp3) is 0.632. The molecule has 0 amide bonds. The summed E-state index contributed by atoms with van der Waals surface area (Å²) in [4.78, 5) is 7.24. The number of thioether (sulfide) groups is 1. The van der Waals surface area contributed by atoms with Gasteiger partial charge in [0.15, 0.2) is 11.5 Å². The molecule has 0 unspecified atom stereocenters. The highest BCUT2D eigenvalue weighted by Crippen LogP contribution is 2.28. The van der Waals surface area contributed by atoms with Crippen LogP contribution in [0.5, 0.6) is 11.5 Å². The summed E-state index contributed by atoms with van der Waals surface area (Å²) in [6, 6.07) is 6.15. The first-order valence-corrected chi connectivity index (χ1v) is 10.7. The van der Waals surface area contributed by atoms with Crippen molar-refractivity contribution in [3.63, 3.8) is 0 Å². The third kappa shape index (κ3) is 5.96. The molecule has 1 aromatic carbocycles. The van der Waals surface area contributed by atoms with Crippen molar-refractivity contribution >= 4 is 28.3 Å². The lowest BCUT2D eigenvalue weighted by Crippen LogP contribution is -2.49. The number of nitrogens with zero attached hydrogens (tertiary/aromatic N) is 3. The SMILES string of the molecule is COc1ccc(CCN2CSC(=S)N(CCN3CCOCC3)C2)cc1OC. The Kier molecular flexibility index (Phi) is 8.02. The van der Waals surface area contributed by atoms with Gasteiger partial charge in [0, 0.05) is 32.7 Å². The summed E-state index contributed by atoms with van der Waals surface area (Å²) in [5, 5.41) is 0. The van der Waals surface area contributed by atoms with Crippen molar-refractivity contribution in [1.29, 1.82) is 0 Å². The highest BCUT2D eigenvalue weighted by molar-refractivity contribution is 8.22. The van der Waals surface area contributed by atoms with E-state index >= 15 is 0 Å². The Morgan fingerprint density at radius 2 is 1.81 bits per heavy atom. The molecular weight excluding hydrogens is 382 g/mol. The quantitative estimate of drug-likeness (QED) is 0.603. The van der Waals surface area contributed by atoms with Gasteiger partial charge >= 0.3 is 0 Å². The average molecular weight is 412 g/mol. The van der Waals surface area contributed by atoms with E-state index in [1.807, 2.05) is 6.07 Å². The van der Waals surface area contributed by atoms with Crippen LogP contribution in [0.1, 0.15) is 5.56 Å². The predicted octanol–water partition coefficient (Wildman–Crippen LogP) is 2.13. The van der Waals surface area contributed by atoms with Gasteiger partial charge in [-0.25, -0.2) is 0 Å². The van der Waals surface area contributed by atoms with Gasteiger partial charge in [-0.15, -0.1) is 0 Å². The van der Waals surface area contributed by atoms with E-state index in [2.05, 4.69) is 26.8 Å². The zero-order valence-corrected chi connectivity index (χ0v) is 17.8. The summed E-state index contributed by atoms with van der Waals surface area (Å²) < 4.78 is 17.2. The fourth-order valence-electron chi connectivity index (χ4n) is 3.29. The maximum atomic E-state index is 5.57. The van der Waals surface area contributed by atoms with Crippen molar-refractivity contribution < 1.29 is 14.2 Å². The van der Waals surface area contributed by atoms with E-state index < -0.39 is 0 Å². The molecule has 27 heavy (non-hydrogen) atoms. The van der Waals surface area contributed by atoms with Crippen molar-refractivity contribution in [2.24, 2.45) is 0 Å². The standard InChI is InChI=1S/C19H29N3O3S2/c1-23-17-4-3-16(13-18(17)24-2)5-6-21-14-22(19(26)27-15-21)8-7-20-9-11-25-12-10-20/h3-4,13H,5-12,14-15H2,1-2H3. The van der Waals surface area contributed by atoms with E-state index in [4.69, 9.17) is 26.4 Å². The molecule has 2 fully saturated rings. The minimum Gasteiger partial charge on any atom is -0.493 e. The molecule has 0 spiro atoms. The summed E-state index contributed by atoms with van der Waals surface area (Å²) in [6.45, 7) is 7.68. The molecule has 0 aliphatic carbocycles. The van der Waals surface area contributed by atoms with Crippen molar-refractivity contribution in [3.05, 3.63) is 23.8 Å². The highest BCUT2D eigenvalue weighted by Gasteiger charge is 2.22. The normalized spacial score (nSPS) is 19.3. The molecule has 0 radical (unpaired) electrons. The molecule has 6 nitrogen and oxygen atoms in total. The van der Waals surface area contributed by atoms with E-state index in [9.17, 15) is 0 Å². The van der Waals surface area contributed by atoms with Gasteiger partial charge in [-0.3, -0.25) is 9.80 Å². The molecule has 2 aliphatic heterocycles. The van der Waals surface area contributed by atoms with Crippen LogP contribution in [-0.4, -0.2) is 91.7 Å². The molecule has 0 bridgehead atoms. The number of rotatable bonds is 8. The molecule has 150 valence electrons. The number of hydrogen-bond acceptors (Lipinski definition) is 7. The number of ether oxygens (including phenoxy) is 3. The third-order valence-electron chi connectivity index (χ3n) is 4.95. The summed E-state index contributed by atoms with van der Waals surface area (Å²) in [7, 11) is 3.34. The maximum absolute atomic E-state index is 5.57. The van der Waals surface area contributed by atoms with E-state index in [0.29, 0.717) is 0 Å². The molecule has 2 saturated heterocycles. The zero-order valence-electron chi connectivity index (χ0n) is 16.2. The molecule has 0 N–H and O–H groups in total. The van der Waals surface area contributed by atoms with Gasteiger partial charge in [-0.05, 0) is 24.1 Å². The second-order valence-electron chi connectivity index (χ2n) is 6.73. The van der Waals surface area contributed by atoms with E-state index in [1.165, 1.54) is 5.56 Å². The highest BCUT2D eigenvalue weighted by atomic mass is 32.2. The van der Waals surface area contributed by atoms with Gasteiger partial charge in [-0.2, -0.15) is 0 Å². The summed E-state index contributed by atoms with van der Waals surface area (Å²) in [5.74, 6) is 2.52. The minimum absolute atomic E-state index is 0.773. The lowest BCUT2D eigenvalue weighted by Gasteiger charge is -2.38. The molecule has 3 rings (SSSR count). The molecule has 2 heterocycles. The van der Waals surface area contributed by atoms with Crippen molar-refractivity contribution in [2.45, 2.75) is 6.42 Å². The van der Waals surface area contributed by atoms with E-state index in [0.717, 1.165) is 80.7 Å². The Bertz CT molecular complexity index is 626. The lowest BCUT2D eigenvalue weighted by atomic mass is 10.1. The second-order valence-corrected chi connectivity index (χ2v) is 8.31. The number of methoxy groups -OCH3 is 2. The smallest absolute Gasteiger partial charge is 0.160 e. The fourth-order valence-corrected chi connectivity index (χ4v) is 4.43. The van der Waals surface area contributed by atoms with Crippen molar-refractivity contribution in [3.8, 4) is 11.5 Å². The van der Waals surface area contributed by atoms with Crippen LogP contribution in [0.25, 0.3) is 0 Å². The van der Waals surface area contributed by atoms with Gasteiger partial charge in [0.2, 0.25) is 0 Å². The maximum Gasteiger partial charge on any atom is 0.160 e. The monoisotopic (exact) mass is 411 g/mol. The van der Waals surface area contributed by atoms with Crippen LogP contribution in [0, 0.1) is 0 Å². The molecule has 2 aliphatic rings. The molecule has 0 saturated carbocycles. The third-order valence-corrected chi connectivity index (χ3v) is 6.57. The first-order chi connectivity index (χ1) is 13.2. The number of thiocarbonyl (C=S) groups is 1. The van der Waals surface area contributed by atoms with Gasteiger partial charge in [0.1, 0.15) is 4.32 Å². The molecule has 0 atom stereocenters. The first kappa shape index (κ1) is 20.7. The van der Waals surface area contributed by atoms with E-state index in [1.54, 1.807) is 26.0 Å². The van der Waals surface area contributed by atoms with Crippen LogP contribution in [0.3, 0.4) is 0 Å². The van der Waals surface area contributed by atoms with Crippen LogP contribution in [0.2, 0.25) is 0 Å². The Hall–Kier alpha value is -1.06. The molecule has 0 aromatic heterocycles. The molecule has 1 aromatic rings. The largest absolute Gasteiger partial charge is 0.493 e. The van der Waals surface area contributed by atoms with Crippen molar-refractivity contribution in [2.75, 3.05) is 72.7 Å². The van der Waals surface area contributed by atoms with Crippen LogP contribution >= 0.6 is 24.0 Å². The first-order valence-electron chi connectivity index (χ1n) is 9.34. The van der Waals surface area contributed by atoms with Gasteiger partial charge < -0.3 is 19.1 Å². The average Bonchev–Trinajstić information content (AvgIpc) is 2.72. The minimum atomic E-state index is 0.773. The van der Waals surface area contributed by atoms with Gasteiger partial charge in [0.25, 0.3) is 0 Å². The topological polar surface area (TPSA) is 37.4 Å². The Labute approximate surface area is 171 Å². The summed E-state index contributed by atoms with van der Waals surface area (Å²) in [6.07, 6.45) is 0.977. The van der Waals surface area contributed by atoms with Gasteiger partial charge in [-0.1, -0.05) is 30.0 Å². The Balaban J connectivity index is 1.48. The number of benzene rings is 1. The summed E-state index contributed by atoms with van der Waals surface area (Å²) in [5.41, 5.74) is 1.26. The van der Waals surface area contributed by atoms with Crippen LogP contribution in [-0.2, 0) is 11.2 Å². The van der Waals surface area contributed by atoms with Gasteiger partial charge in [0.05, 0.1) is 40.0 Å². The lowest BCUT2D eigenvalue weighted by molar-refractivity contribution is 0.0345. The second kappa shape index (κ2) is 10.5. The van der Waals surface area contributed by atoms with E-state index in [-0.39, 0.29) is 0 Å². The Morgan fingerprint density at radius 1 is 1.04 bits per heavy atom. The predicted molar refractivity (Wildman–Crippen MR) is 114 cm³/mol. The summed E-state index contributed by atoms with van der Waals surface area (Å²) >= 11 is 7.34. The Morgan fingerprint density at radius 3 is 2.56 bits per heavy atom. The van der Waals surface area contributed by atoms with Crippen LogP contribution < -0.4 is 9.47 Å². The van der Waals surface area contributed by atoms with Crippen LogP contribution in [0.4, 0.5) is 0 Å². The van der Waals surface area contributed by atoms with Crippen LogP contribution in [0.15, 0.2) is 18.2 Å². The van der Waals surface area contributed by atoms with Crippen molar-refractivity contribution in [1.82, 2.24) is 14.7 Å². The number of morpholine rings is 1. The zero-order chi connectivity index (χ0) is 19.1.